The van der Waals surface area contributed by atoms with E-state index in [1.807, 2.05) is 0 Å². The van der Waals surface area contributed by atoms with E-state index in [1.54, 1.807) is 11.1 Å². The molecule has 3 unspecified atom stereocenters. The van der Waals surface area contributed by atoms with Crippen molar-refractivity contribution in [1.29, 1.82) is 0 Å². The van der Waals surface area contributed by atoms with E-state index in [-0.39, 0.29) is 10.8 Å². The lowest BCUT2D eigenvalue weighted by Crippen LogP contribution is -2.42. The molecule has 2 heteroatoms. The Hall–Kier alpha value is -7.16. The van der Waals surface area contributed by atoms with Crippen molar-refractivity contribution in [3.05, 3.63) is 240 Å². The van der Waals surface area contributed by atoms with E-state index < -0.39 is 0 Å². The van der Waals surface area contributed by atoms with Gasteiger partial charge < -0.3 is 9.80 Å². The van der Waals surface area contributed by atoms with Gasteiger partial charge in [0.05, 0.1) is 11.4 Å². The minimum Gasteiger partial charge on any atom is -0.310 e. The lowest BCUT2D eigenvalue weighted by atomic mass is 9.58. The summed E-state index contributed by atoms with van der Waals surface area (Å²) in [4.78, 5) is 5.18. The molecule has 9 aromatic carbocycles. The van der Waals surface area contributed by atoms with Gasteiger partial charge in [-0.3, -0.25) is 0 Å². The molecule has 2 nitrogen and oxygen atoms in total. The van der Waals surface area contributed by atoms with Crippen LogP contribution in [0.3, 0.4) is 0 Å². The molecule has 0 N–H and O–H groups in total. The monoisotopic (exact) mass is 836 g/mol. The van der Waals surface area contributed by atoms with Crippen LogP contribution in [0.15, 0.2) is 206 Å². The number of anilines is 6. The van der Waals surface area contributed by atoms with Crippen LogP contribution < -0.4 is 9.80 Å². The third-order valence-electron chi connectivity index (χ3n) is 16.0. The highest BCUT2D eigenvalue weighted by Crippen LogP contribution is 2.67. The Labute approximate surface area is 383 Å². The summed E-state index contributed by atoms with van der Waals surface area (Å²) in [5, 5.41) is 2.54. The molecule has 1 spiro atoms. The third-order valence-corrected chi connectivity index (χ3v) is 16.0. The van der Waals surface area contributed by atoms with Crippen LogP contribution in [0.4, 0.5) is 34.1 Å². The van der Waals surface area contributed by atoms with Crippen LogP contribution >= 0.6 is 0 Å². The van der Waals surface area contributed by atoms with Gasteiger partial charge in [0.1, 0.15) is 0 Å². The van der Waals surface area contributed by atoms with Crippen molar-refractivity contribution in [1.82, 2.24) is 0 Å². The Kier molecular flexibility index (Phi) is 8.66. The van der Waals surface area contributed by atoms with Crippen molar-refractivity contribution >= 4 is 44.9 Å². The van der Waals surface area contributed by atoms with Gasteiger partial charge in [-0.25, -0.2) is 0 Å². The first-order valence-corrected chi connectivity index (χ1v) is 23.8. The quantitative estimate of drug-likeness (QED) is 0.158. The fourth-order valence-corrected chi connectivity index (χ4v) is 13.3. The second-order valence-corrected chi connectivity index (χ2v) is 19.6. The second-order valence-electron chi connectivity index (χ2n) is 19.6. The molecule has 0 bridgehead atoms. The number of para-hydroxylation sites is 2. The molecule has 0 heterocycles. The predicted molar refractivity (Wildman–Crippen MR) is 272 cm³/mol. The Morgan fingerprint density at radius 2 is 0.923 bits per heavy atom. The highest BCUT2D eigenvalue weighted by molar-refractivity contribution is 5.91. The van der Waals surface area contributed by atoms with Gasteiger partial charge in [0.25, 0.3) is 0 Å². The third kappa shape index (κ3) is 5.72. The molecule has 314 valence electrons. The van der Waals surface area contributed by atoms with Crippen LogP contribution in [0.25, 0.3) is 33.0 Å². The van der Waals surface area contributed by atoms with Gasteiger partial charge in [-0.15, -0.1) is 0 Å². The molecule has 65 heavy (non-hydrogen) atoms. The summed E-state index contributed by atoms with van der Waals surface area (Å²) in [5.41, 5.74) is 21.3. The first kappa shape index (κ1) is 38.3. The summed E-state index contributed by atoms with van der Waals surface area (Å²) in [6, 6.07) is 77.9. The molecule has 0 aliphatic heterocycles. The minimum atomic E-state index is -0.145. The van der Waals surface area contributed by atoms with Crippen LogP contribution in [-0.4, -0.2) is 0 Å². The average molecular weight is 837 g/mol. The van der Waals surface area contributed by atoms with Crippen molar-refractivity contribution in [3.8, 4) is 22.3 Å². The number of rotatable bonds is 7. The number of fused-ring (bicyclic) bond motifs is 6. The molecule has 4 aliphatic carbocycles. The average Bonchev–Trinajstić information content (AvgIpc) is 3.97. The zero-order valence-corrected chi connectivity index (χ0v) is 37.2. The van der Waals surface area contributed by atoms with Crippen molar-refractivity contribution in [2.75, 3.05) is 9.80 Å². The Balaban J connectivity index is 1.01. The summed E-state index contributed by atoms with van der Waals surface area (Å²) in [6.07, 6.45) is 5.97. The number of nitrogens with zero attached hydrogens (tertiary/aromatic N) is 2. The summed E-state index contributed by atoms with van der Waals surface area (Å²) in [5.74, 6) is 1.03. The van der Waals surface area contributed by atoms with Crippen molar-refractivity contribution in [2.45, 2.75) is 56.8 Å². The molecule has 13 rings (SSSR count). The van der Waals surface area contributed by atoms with Crippen LogP contribution in [0.2, 0.25) is 0 Å². The van der Waals surface area contributed by atoms with E-state index in [0.29, 0.717) is 11.8 Å². The summed E-state index contributed by atoms with van der Waals surface area (Å²) in [6.45, 7) is 4.80. The van der Waals surface area contributed by atoms with E-state index in [4.69, 9.17) is 0 Å². The molecule has 0 amide bonds. The molecule has 0 radical (unpaired) electrons. The Morgan fingerprint density at radius 3 is 1.58 bits per heavy atom. The lowest BCUT2D eigenvalue weighted by molar-refractivity contribution is 0.177. The van der Waals surface area contributed by atoms with E-state index >= 15 is 0 Å². The molecule has 1 fully saturated rings. The molecular formula is C63H52N2. The molecule has 0 saturated heterocycles. The summed E-state index contributed by atoms with van der Waals surface area (Å²) in [7, 11) is 0. The van der Waals surface area contributed by atoms with E-state index in [2.05, 4.69) is 230 Å². The van der Waals surface area contributed by atoms with Crippen molar-refractivity contribution in [3.63, 3.8) is 0 Å². The number of benzene rings is 9. The van der Waals surface area contributed by atoms with Gasteiger partial charge in [-0.2, -0.15) is 0 Å². The fourth-order valence-electron chi connectivity index (χ4n) is 13.3. The highest BCUT2D eigenvalue weighted by Gasteiger charge is 2.60. The maximum atomic E-state index is 2.61. The summed E-state index contributed by atoms with van der Waals surface area (Å²) < 4.78 is 0. The first-order valence-electron chi connectivity index (χ1n) is 23.8. The van der Waals surface area contributed by atoms with Gasteiger partial charge >= 0.3 is 0 Å². The number of hydrogen-bond donors (Lipinski definition) is 0. The predicted octanol–water partition coefficient (Wildman–Crippen LogP) is 16.6. The van der Waals surface area contributed by atoms with Crippen LogP contribution in [-0.2, 0) is 23.7 Å². The maximum absolute atomic E-state index is 2.61. The van der Waals surface area contributed by atoms with Crippen molar-refractivity contribution in [2.24, 2.45) is 11.8 Å². The molecule has 0 aromatic heterocycles. The number of hydrogen-bond acceptors (Lipinski definition) is 2. The van der Waals surface area contributed by atoms with E-state index in [9.17, 15) is 0 Å². The molecule has 4 aliphatic rings. The molecular weight excluding hydrogens is 785 g/mol. The molecule has 3 atom stereocenters. The minimum absolute atomic E-state index is 0.102. The summed E-state index contributed by atoms with van der Waals surface area (Å²) >= 11 is 0. The smallest absolute Gasteiger partial charge is 0.0505 e. The van der Waals surface area contributed by atoms with Crippen LogP contribution in [0, 0.1) is 11.8 Å². The lowest BCUT2D eigenvalue weighted by Gasteiger charge is -2.46. The standard InChI is InChI=1S/C63H52N2/c1-62(2)56-27-12-11-26-54(56)55-37-36-53(41-57(55)62)65(51-24-7-4-8-25-51)59-29-14-19-47-40-49-21-15-20-48-39-46-18-13-28-58(60(46)63(48,49)61(47)59)64(50-22-5-3-6-23-50)52-34-32-43(33-35-52)45-31-30-42-16-9-10-17-44(42)38-45/h3-14,16-19,22-38,41,48-49H,15,20-21,39-40H2,1-2H3. The van der Waals surface area contributed by atoms with Crippen molar-refractivity contribution < 1.29 is 0 Å². The largest absolute Gasteiger partial charge is 0.310 e. The van der Waals surface area contributed by atoms with Gasteiger partial charge in [0.15, 0.2) is 0 Å². The second kappa shape index (κ2) is 14.7. The fraction of sp³-hybridized carbons (Fsp3) is 0.175. The Morgan fingerprint density at radius 1 is 0.400 bits per heavy atom. The van der Waals surface area contributed by atoms with Crippen LogP contribution in [0.5, 0.6) is 0 Å². The molecule has 9 aromatic rings. The highest BCUT2D eigenvalue weighted by atomic mass is 15.2. The van der Waals surface area contributed by atoms with Crippen LogP contribution in [0.1, 0.15) is 66.5 Å². The van der Waals surface area contributed by atoms with Gasteiger partial charge in [-0.05, 0) is 171 Å². The van der Waals surface area contributed by atoms with Gasteiger partial charge in [0, 0.05) is 33.6 Å². The topological polar surface area (TPSA) is 6.48 Å². The van der Waals surface area contributed by atoms with E-state index in [0.717, 1.165) is 12.8 Å². The normalized spacial score (nSPS) is 19.4. The van der Waals surface area contributed by atoms with Gasteiger partial charge in [0.2, 0.25) is 0 Å². The SMILES string of the molecule is CC1(C)c2ccccc2-c2ccc(N(c3ccccc3)c3cccc4c3C35c6c(cccc6N(c6ccccc6)c6ccc(-c7ccc8ccccc8c7)cc6)CC3CCCC5C4)cc21. The Bertz CT molecular complexity index is 3280. The first-order chi connectivity index (χ1) is 32.0. The zero-order chi connectivity index (χ0) is 43.3. The van der Waals surface area contributed by atoms with E-state index in [1.165, 1.54) is 109 Å². The maximum Gasteiger partial charge on any atom is 0.0505 e. The molecule has 1 saturated carbocycles. The van der Waals surface area contributed by atoms with Gasteiger partial charge in [-0.1, -0.05) is 160 Å². The zero-order valence-electron chi connectivity index (χ0n) is 37.2.